The molecular formula is C12H15N2O3. The number of hydrogen-bond acceptors (Lipinski definition) is 4. The SMILES string of the molecule is CN1CCCC(Oc2cc[c]c([N+](=O)[O-])c2)C1. The van der Waals surface area contributed by atoms with Gasteiger partial charge in [-0.3, -0.25) is 10.1 Å². The Hall–Kier alpha value is -1.62. The zero-order valence-corrected chi connectivity index (χ0v) is 9.76. The Bertz CT molecular complexity index is 408. The van der Waals surface area contributed by atoms with Gasteiger partial charge in [0.05, 0.1) is 17.1 Å². The summed E-state index contributed by atoms with van der Waals surface area (Å²) in [6.07, 6.45) is 2.22. The Labute approximate surface area is 100 Å². The Morgan fingerprint density at radius 1 is 1.65 bits per heavy atom. The number of ether oxygens (including phenoxy) is 1. The van der Waals surface area contributed by atoms with E-state index in [0.29, 0.717) is 5.75 Å². The largest absolute Gasteiger partial charge is 0.489 e. The normalized spacial score (nSPS) is 21.1. The van der Waals surface area contributed by atoms with E-state index in [4.69, 9.17) is 4.74 Å². The van der Waals surface area contributed by atoms with Gasteiger partial charge in [0.2, 0.25) is 0 Å². The van der Waals surface area contributed by atoms with Gasteiger partial charge in [0.25, 0.3) is 5.69 Å². The minimum Gasteiger partial charge on any atom is -0.489 e. The van der Waals surface area contributed by atoms with Crippen molar-refractivity contribution in [1.29, 1.82) is 0 Å². The first-order valence-electron chi connectivity index (χ1n) is 5.66. The lowest BCUT2D eigenvalue weighted by Gasteiger charge is -2.29. The van der Waals surface area contributed by atoms with Gasteiger partial charge in [0.1, 0.15) is 11.9 Å². The highest BCUT2D eigenvalue weighted by Gasteiger charge is 2.19. The average Bonchev–Trinajstić information content (AvgIpc) is 2.29. The number of hydrogen-bond donors (Lipinski definition) is 0. The summed E-state index contributed by atoms with van der Waals surface area (Å²) < 4.78 is 5.75. The molecule has 1 atom stereocenters. The van der Waals surface area contributed by atoms with Crippen LogP contribution in [0.25, 0.3) is 0 Å². The highest BCUT2D eigenvalue weighted by molar-refractivity contribution is 5.36. The third-order valence-corrected chi connectivity index (χ3v) is 2.84. The molecular weight excluding hydrogens is 220 g/mol. The number of nitrogens with zero attached hydrogens (tertiary/aromatic N) is 2. The van der Waals surface area contributed by atoms with E-state index in [1.54, 1.807) is 6.07 Å². The minimum absolute atomic E-state index is 0.0494. The Morgan fingerprint density at radius 2 is 2.47 bits per heavy atom. The van der Waals surface area contributed by atoms with Gasteiger partial charge in [0, 0.05) is 6.54 Å². The molecule has 1 aliphatic rings. The van der Waals surface area contributed by atoms with Gasteiger partial charge in [-0.05, 0) is 38.6 Å². The summed E-state index contributed by atoms with van der Waals surface area (Å²) in [5.74, 6) is 0.552. The summed E-state index contributed by atoms with van der Waals surface area (Å²) in [5, 5.41) is 10.6. The maximum Gasteiger partial charge on any atom is 0.281 e. The van der Waals surface area contributed by atoms with E-state index in [0.717, 1.165) is 25.9 Å². The van der Waals surface area contributed by atoms with Crippen LogP contribution in [-0.4, -0.2) is 36.1 Å². The van der Waals surface area contributed by atoms with Crippen molar-refractivity contribution in [3.8, 4) is 5.75 Å². The number of non-ortho nitro benzene ring substituents is 1. The van der Waals surface area contributed by atoms with Crippen LogP contribution in [0.2, 0.25) is 0 Å². The molecule has 1 aliphatic heterocycles. The average molecular weight is 235 g/mol. The molecule has 0 spiro atoms. The topological polar surface area (TPSA) is 55.6 Å². The first kappa shape index (κ1) is 11.9. The number of likely N-dealkylation sites (N-methyl/N-ethyl adjacent to an activating group) is 1. The predicted molar refractivity (Wildman–Crippen MR) is 63.1 cm³/mol. The fourth-order valence-corrected chi connectivity index (χ4v) is 2.02. The summed E-state index contributed by atoms with van der Waals surface area (Å²) in [5.41, 5.74) is -0.0494. The Balaban J connectivity index is 2.02. The minimum atomic E-state index is -0.458. The van der Waals surface area contributed by atoms with E-state index < -0.39 is 4.92 Å². The van der Waals surface area contributed by atoms with E-state index >= 15 is 0 Å². The molecule has 1 radical (unpaired) electrons. The van der Waals surface area contributed by atoms with E-state index in [9.17, 15) is 10.1 Å². The monoisotopic (exact) mass is 235 g/mol. The molecule has 0 aliphatic carbocycles. The number of piperidine rings is 1. The number of nitro groups is 1. The predicted octanol–water partition coefficient (Wildman–Crippen LogP) is 1.87. The van der Waals surface area contributed by atoms with Crippen LogP contribution in [0.4, 0.5) is 5.69 Å². The lowest BCUT2D eigenvalue weighted by atomic mass is 10.1. The zero-order valence-electron chi connectivity index (χ0n) is 9.76. The molecule has 1 aromatic carbocycles. The summed E-state index contributed by atoms with van der Waals surface area (Å²) in [7, 11) is 2.05. The fraction of sp³-hybridized carbons (Fsp3) is 0.500. The first-order valence-corrected chi connectivity index (χ1v) is 5.66. The van der Waals surface area contributed by atoms with Gasteiger partial charge in [-0.25, -0.2) is 0 Å². The smallest absolute Gasteiger partial charge is 0.281 e. The van der Waals surface area contributed by atoms with Crippen LogP contribution in [0.1, 0.15) is 12.8 Å². The molecule has 1 heterocycles. The number of benzene rings is 1. The van der Waals surface area contributed by atoms with Crippen LogP contribution in [0.15, 0.2) is 18.2 Å². The van der Waals surface area contributed by atoms with Crippen LogP contribution < -0.4 is 4.74 Å². The van der Waals surface area contributed by atoms with E-state index in [1.165, 1.54) is 12.1 Å². The van der Waals surface area contributed by atoms with Crippen molar-refractivity contribution in [2.24, 2.45) is 0 Å². The summed E-state index contributed by atoms with van der Waals surface area (Å²) >= 11 is 0. The molecule has 0 aromatic heterocycles. The van der Waals surface area contributed by atoms with Crippen LogP contribution >= 0.6 is 0 Å². The van der Waals surface area contributed by atoms with Gasteiger partial charge in [-0.15, -0.1) is 0 Å². The molecule has 1 aromatic rings. The molecule has 0 N–H and O–H groups in total. The highest BCUT2D eigenvalue weighted by Crippen LogP contribution is 2.22. The van der Waals surface area contributed by atoms with Crippen LogP contribution in [-0.2, 0) is 0 Å². The van der Waals surface area contributed by atoms with Crippen molar-refractivity contribution in [2.75, 3.05) is 20.1 Å². The van der Waals surface area contributed by atoms with E-state index in [1.807, 2.05) is 0 Å². The maximum absolute atomic E-state index is 10.6. The third kappa shape index (κ3) is 3.17. The lowest BCUT2D eigenvalue weighted by molar-refractivity contribution is -0.385. The molecule has 0 amide bonds. The van der Waals surface area contributed by atoms with Crippen molar-refractivity contribution in [2.45, 2.75) is 18.9 Å². The Morgan fingerprint density at radius 3 is 3.18 bits per heavy atom. The van der Waals surface area contributed by atoms with Crippen molar-refractivity contribution >= 4 is 5.69 Å². The van der Waals surface area contributed by atoms with Crippen molar-refractivity contribution < 1.29 is 9.66 Å². The molecule has 0 saturated carbocycles. The third-order valence-electron chi connectivity index (χ3n) is 2.84. The second-order valence-corrected chi connectivity index (χ2v) is 4.31. The van der Waals surface area contributed by atoms with Gasteiger partial charge in [0.15, 0.2) is 0 Å². The summed E-state index contributed by atoms with van der Waals surface area (Å²) in [6, 6.07) is 7.23. The Kier molecular flexibility index (Phi) is 3.58. The number of rotatable bonds is 3. The molecule has 91 valence electrons. The van der Waals surface area contributed by atoms with Gasteiger partial charge >= 0.3 is 0 Å². The maximum atomic E-state index is 10.6. The molecule has 17 heavy (non-hydrogen) atoms. The number of nitro benzene ring substituents is 1. The molecule has 1 fully saturated rings. The molecule has 5 heteroatoms. The highest BCUT2D eigenvalue weighted by atomic mass is 16.6. The molecule has 0 bridgehead atoms. The van der Waals surface area contributed by atoms with Crippen molar-refractivity contribution in [1.82, 2.24) is 4.90 Å². The van der Waals surface area contributed by atoms with Gasteiger partial charge < -0.3 is 9.64 Å². The van der Waals surface area contributed by atoms with Gasteiger partial charge in [-0.2, -0.15) is 0 Å². The number of likely N-dealkylation sites (tertiary alicyclic amines) is 1. The molecule has 2 rings (SSSR count). The standard InChI is InChI=1S/C12H15N2O3/c1-13-7-3-6-12(9-13)17-11-5-2-4-10(8-11)14(15)16/h2,5,8,12H,3,6-7,9H2,1H3. The second kappa shape index (κ2) is 5.14. The first-order chi connectivity index (χ1) is 8.15. The molecule has 1 unspecified atom stereocenters. The molecule has 1 saturated heterocycles. The van der Waals surface area contributed by atoms with Crippen molar-refractivity contribution in [3.63, 3.8) is 0 Å². The summed E-state index contributed by atoms with van der Waals surface area (Å²) in [4.78, 5) is 12.4. The van der Waals surface area contributed by atoms with E-state index in [2.05, 4.69) is 18.0 Å². The quantitative estimate of drug-likeness (QED) is 0.592. The van der Waals surface area contributed by atoms with Crippen LogP contribution in [0.3, 0.4) is 0 Å². The zero-order chi connectivity index (χ0) is 12.3. The van der Waals surface area contributed by atoms with Crippen molar-refractivity contribution in [3.05, 3.63) is 34.4 Å². The van der Waals surface area contributed by atoms with E-state index in [-0.39, 0.29) is 11.8 Å². The van der Waals surface area contributed by atoms with Crippen LogP contribution in [0, 0.1) is 16.2 Å². The summed E-state index contributed by atoms with van der Waals surface area (Å²) in [6.45, 7) is 1.95. The second-order valence-electron chi connectivity index (χ2n) is 4.31. The van der Waals surface area contributed by atoms with Gasteiger partial charge in [-0.1, -0.05) is 0 Å². The molecule has 5 nitrogen and oxygen atoms in total. The fourth-order valence-electron chi connectivity index (χ4n) is 2.02. The van der Waals surface area contributed by atoms with Crippen LogP contribution in [0.5, 0.6) is 5.75 Å². The lowest BCUT2D eigenvalue weighted by Crippen LogP contribution is -2.38.